The zero-order valence-corrected chi connectivity index (χ0v) is 12.1. The maximum Gasteiger partial charge on any atom is 0.251 e. The summed E-state index contributed by atoms with van der Waals surface area (Å²) in [7, 11) is 0. The van der Waals surface area contributed by atoms with Crippen molar-refractivity contribution in [3.8, 4) is 5.75 Å². The Morgan fingerprint density at radius 3 is 2.86 bits per heavy atom. The zero-order chi connectivity index (χ0) is 14.8. The van der Waals surface area contributed by atoms with Gasteiger partial charge in [-0.05, 0) is 61.1 Å². The summed E-state index contributed by atoms with van der Waals surface area (Å²) in [6.45, 7) is 1.79. The molecule has 1 aliphatic carbocycles. The quantitative estimate of drug-likeness (QED) is 0.885. The summed E-state index contributed by atoms with van der Waals surface area (Å²) >= 11 is 0. The van der Waals surface area contributed by atoms with Crippen LogP contribution in [0.3, 0.4) is 0 Å². The number of hydrogen-bond acceptors (Lipinski definition) is 2. The van der Waals surface area contributed by atoms with Gasteiger partial charge in [0, 0.05) is 5.56 Å². The summed E-state index contributed by atoms with van der Waals surface area (Å²) in [5.41, 5.74) is 3.86. The molecule has 0 fully saturated rings. The van der Waals surface area contributed by atoms with Gasteiger partial charge in [-0.1, -0.05) is 24.3 Å². The van der Waals surface area contributed by atoms with Gasteiger partial charge in [-0.2, -0.15) is 0 Å². The van der Waals surface area contributed by atoms with Crippen molar-refractivity contribution in [2.45, 2.75) is 32.2 Å². The number of rotatable bonds is 2. The second-order valence-corrected chi connectivity index (χ2v) is 5.62. The molecule has 2 aromatic rings. The first-order valence-corrected chi connectivity index (χ1v) is 7.33. The Hall–Kier alpha value is -2.29. The van der Waals surface area contributed by atoms with Crippen molar-refractivity contribution >= 4 is 5.91 Å². The van der Waals surface area contributed by atoms with Gasteiger partial charge >= 0.3 is 0 Å². The largest absolute Gasteiger partial charge is 0.508 e. The monoisotopic (exact) mass is 281 g/mol. The standard InChI is InChI=1S/C18H19NO2/c1-12-11-14(9-10-17(12)20)18(21)19-16-8-4-6-13-5-2-3-7-15(13)16/h2-3,5,7,9-11,16,20H,4,6,8H2,1H3,(H,19,21). The van der Waals surface area contributed by atoms with E-state index in [9.17, 15) is 9.90 Å². The number of nitrogens with one attached hydrogen (secondary N) is 1. The summed E-state index contributed by atoms with van der Waals surface area (Å²) < 4.78 is 0. The molecule has 1 aliphatic rings. The number of fused-ring (bicyclic) bond motifs is 1. The van der Waals surface area contributed by atoms with Crippen molar-refractivity contribution in [1.82, 2.24) is 5.32 Å². The molecule has 0 aliphatic heterocycles. The topological polar surface area (TPSA) is 49.3 Å². The lowest BCUT2D eigenvalue weighted by molar-refractivity contribution is 0.0932. The number of amides is 1. The SMILES string of the molecule is Cc1cc(C(=O)NC2CCCc3ccccc32)ccc1O. The maximum atomic E-state index is 12.4. The molecule has 3 heteroatoms. The number of aromatic hydroxyl groups is 1. The second-order valence-electron chi connectivity index (χ2n) is 5.62. The van der Waals surface area contributed by atoms with E-state index in [0.29, 0.717) is 11.1 Å². The first-order chi connectivity index (χ1) is 10.1. The van der Waals surface area contributed by atoms with Crippen LogP contribution in [0.2, 0.25) is 0 Å². The minimum absolute atomic E-state index is 0.0801. The third kappa shape index (κ3) is 2.77. The third-order valence-electron chi connectivity index (χ3n) is 4.13. The number of carbonyl (C=O) groups is 1. The average Bonchev–Trinajstić information content (AvgIpc) is 2.50. The van der Waals surface area contributed by atoms with Gasteiger partial charge in [0.1, 0.15) is 5.75 Å². The van der Waals surface area contributed by atoms with Gasteiger partial charge < -0.3 is 10.4 Å². The molecule has 2 aromatic carbocycles. The minimum Gasteiger partial charge on any atom is -0.508 e. The van der Waals surface area contributed by atoms with E-state index in [1.54, 1.807) is 25.1 Å². The molecule has 2 N–H and O–H groups in total. The molecule has 0 spiro atoms. The Kier molecular flexibility index (Phi) is 3.65. The van der Waals surface area contributed by atoms with E-state index in [1.165, 1.54) is 11.1 Å². The van der Waals surface area contributed by atoms with Gasteiger partial charge in [-0.15, -0.1) is 0 Å². The molecule has 3 nitrogen and oxygen atoms in total. The van der Waals surface area contributed by atoms with Crippen LogP contribution in [0.1, 0.15) is 45.9 Å². The molecular weight excluding hydrogens is 262 g/mol. The number of benzene rings is 2. The van der Waals surface area contributed by atoms with Crippen molar-refractivity contribution in [2.24, 2.45) is 0 Å². The predicted octanol–water partition coefficient (Wildman–Crippen LogP) is 3.51. The van der Waals surface area contributed by atoms with Crippen molar-refractivity contribution in [3.63, 3.8) is 0 Å². The third-order valence-corrected chi connectivity index (χ3v) is 4.13. The van der Waals surface area contributed by atoms with Gasteiger partial charge in [-0.3, -0.25) is 4.79 Å². The summed E-state index contributed by atoms with van der Waals surface area (Å²) in [6.07, 6.45) is 3.15. The van der Waals surface area contributed by atoms with Crippen molar-refractivity contribution in [2.75, 3.05) is 0 Å². The van der Waals surface area contributed by atoms with E-state index in [1.807, 2.05) is 12.1 Å². The van der Waals surface area contributed by atoms with E-state index in [4.69, 9.17) is 0 Å². The first-order valence-electron chi connectivity index (χ1n) is 7.33. The van der Waals surface area contributed by atoms with E-state index >= 15 is 0 Å². The van der Waals surface area contributed by atoms with Crippen LogP contribution in [0, 0.1) is 6.92 Å². The average molecular weight is 281 g/mol. The Morgan fingerprint density at radius 2 is 2.05 bits per heavy atom. The smallest absolute Gasteiger partial charge is 0.251 e. The summed E-state index contributed by atoms with van der Waals surface area (Å²) in [4.78, 5) is 12.4. The molecule has 0 saturated heterocycles. The van der Waals surface area contributed by atoms with Crippen LogP contribution in [-0.2, 0) is 6.42 Å². The summed E-state index contributed by atoms with van der Waals surface area (Å²) in [6, 6.07) is 13.3. The first kappa shape index (κ1) is 13.7. The van der Waals surface area contributed by atoms with Crippen LogP contribution in [0.4, 0.5) is 0 Å². The highest BCUT2D eigenvalue weighted by Gasteiger charge is 2.21. The Balaban J connectivity index is 1.81. The number of phenolic OH excluding ortho intramolecular Hbond substituents is 1. The van der Waals surface area contributed by atoms with E-state index in [-0.39, 0.29) is 17.7 Å². The summed E-state index contributed by atoms with van der Waals surface area (Å²) in [5.74, 6) is 0.134. The highest BCUT2D eigenvalue weighted by molar-refractivity contribution is 5.94. The lowest BCUT2D eigenvalue weighted by Crippen LogP contribution is -2.31. The highest BCUT2D eigenvalue weighted by Crippen LogP contribution is 2.29. The van der Waals surface area contributed by atoms with Gasteiger partial charge in [0.2, 0.25) is 0 Å². The van der Waals surface area contributed by atoms with E-state index in [2.05, 4.69) is 17.4 Å². The maximum absolute atomic E-state index is 12.4. The van der Waals surface area contributed by atoms with Crippen LogP contribution in [-0.4, -0.2) is 11.0 Å². The molecule has 1 amide bonds. The van der Waals surface area contributed by atoms with Crippen LogP contribution >= 0.6 is 0 Å². The predicted molar refractivity (Wildman–Crippen MR) is 82.4 cm³/mol. The Labute approximate surface area is 124 Å². The molecule has 0 aromatic heterocycles. The fourth-order valence-electron chi connectivity index (χ4n) is 2.94. The number of hydrogen-bond donors (Lipinski definition) is 2. The van der Waals surface area contributed by atoms with Crippen molar-refractivity contribution in [3.05, 3.63) is 64.7 Å². The fourth-order valence-corrected chi connectivity index (χ4v) is 2.94. The molecule has 0 bridgehead atoms. The second kappa shape index (κ2) is 5.60. The molecule has 0 radical (unpaired) electrons. The van der Waals surface area contributed by atoms with Gasteiger partial charge in [0.05, 0.1) is 6.04 Å². The molecule has 3 rings (SSSR count). The lowest BCUT2D eigenvalue weighted by Gasteiger charge is -2.26. The Bertz CT molecular complexity index is 679. The summed E-state index contributed by atoms with van der Waals surface area (Å²) in [5, 5.41) is 12.7. The minimum atomic E-state index is -0.0835. The van der Waals surface area contributed by atoms with Gasteiger partial charge in [0.25, 0.3) is 5.91 Å². The van der Waals surface area contributed by atoms with E-state index < -0.39 is 0 Å². The van der Waals surface area contributed by atoms with Crippen LogP contribution in [0.25, 0.3) is 0 Å². The van der Waals surface area contributed by atoms with Crippen molar-refractivity contribution in [1.29, 1.82) is 0 Å². The van der Waals surface area contributed by atoms with Gasteiger partial charge in [-0.25, -0.2) is 0 Å². The molecular formula is C18H19NO2. The van der Waals surface area contributed by atoms with Crippen molar-refractivity contribution < 1.29 is 9.90 Å². The molecule has 0 heterocycles. The van der Waals surface area contributed by atoms with Gasteiger partial charge in [0.15, 0.2) is 0 Å². The fraction of sp³-hybridized carbons (Fsp3) is 0.278. The molecule has 108 valence electrons. The van der Waals surface area contributed by atoms with Crippen LogP contribution in [0.15, 0.2) is 42.5 Å². The number of phenols is 1. The highest BCUT2D eigenvalue weighted by atomic mass is 16.3. The normalized spacial score (nSPS) is 17.1. The molecule has 1 atom stereocenters. The van der Waals surface area contributed by atoms with E-state index in [0.717, 1.165) is 19.3 Å². The molecule has 1 unspecified atom stereocenters. The Morgan fingerprint density at radius 1 is 1.24 bits per heavy atom. The molecule has 0 saturated carbocycles. The molecule has 21 heavy (non-hydrogen) atoms. The number of carbonyl (C=O) groups excluding carboxylic acids is 1. The zero-order valence-electron chi connectivity index (χ0n) is 12.1. The number of aryl methyl sites for hydroxylation is 2. The van der Waals surface area contributed by atoms with Crippen LogP contribution < -0.4 is 5.32 Å². The lowest BCUT2D eigenvalue weighted by atomic mass is 9.87. The van der Waals surface area contributed by atoms with Crippen LogP contribution in [0.5, 0.6) is 5.75 Å².